The number of hydrogen-bond donors (Lipinski definition) is 15. The lowest BCUT2D eigenvalue weighted by molar-refractivity contribution is -0.142. The first-order valence-corrected chi connectivity index (χ1v) is 25.2. The molecule has 420 valence electrons. The minimum atomic E-state index is -1.57. The average Bonchev–Trinajstić information content (AvgIpc) is 3.88. The molecule has 2 rings (SSSR count). The number of nitrogens with zero attached hydrogens (tertiary/aromatic N) is 2. The van der Waals surface area contributed by atoms with Crippen molar-refractivity contribution in [1.29, 1.82) is 0 Å². The van der Waals surface area contributed by atoms with Gasteiger partial charge in [0.1, 0.15) is 36.0 Å². The molecule has 0 unspecified atom stereocenters. The topological polar surface area (TPSA) is 464 Å². The molecule has 1 heterocycles. The van der Waals surface area contributed by atoms with E-state index in [-0.39, 0.29) is 89.0 Å². The number of carbonyl (C=O) groups is 9. The maximum atomic E-state index is 14.2. The number of carbonyl (C=O) groups excluding carboxylic acids is 8. The van der Waals surface area contributed by atoms with E-state index in [2.05, 4.69) is 36.9 Å². The van der Waals surface area contributed by atoms with Gasteiger partial charge in [-0.3, -0.25) is 43.3 Å². The van der Waals surface area contributed by atoms with Crippen LogP contribution in [0.1, 0.15) is 96.0 Å². The first-order chi connectivity index (χ1) is 35.7. The molecule has 75 heavy (non-hydrogen) atoms. The van der Waals surface area contributed by atoms with Gasteiger partial charge < -0.3 is 87.1 Å². The van der Waals surface area contributed by atoms with E-state index in [1.807, 2.05) is 0 Å². The summed E-state index contributed by atoms with van der Waals surface area (Å²) in [4.78, 5) is 125. The van der Waals surface area contributed by atoms with Gasteiger partial charge in [-0.15, -0.1) is 0 Å². The minimum Gasteiger partial charge on any atom is -0.478 e. The minimum absolute atomic E-state index is 0.0382. The summed E-state index contributed by atoms with van der Waals surface area (Å²) in [7, 11) is 0. The van der Waals surface area contributed by atoms with Gasteiger partial charge in [-0.2, -0.15) is 0 Å². The Morgan fingerprint density at radius 1 is 0.773 bits per heavy atom. The van der Waals surface area contributed by atoms with Crippen molar-refractivity contribution in [2.45, 2.75) is 145 Å². The van der Waals surface area contributed by atoms with Gasteiger partial charge in [-0.05, 0) is 115 Å². The molecule has 22 N–H and O–H groups in total. The molecule has 0 aromatic heterocycles. The van der Waals surface area contributed by atoms with E-state index in [0.717, 1.165) is 0 Å². The van der Waals surface area contributed by atoms with Crippen LogP contribution in [0.3, 0.4) is 0 Å². The number of Topliss-reactive ketones (excluding diaryl/α,β-unsaturated/α-hetero) is 1. The van der Waals surface area contributed by atoms with E-state index >= 15 is 0 Å². The number of nitrogens with two attached hydrogens (primary N) is 7. The van der Waals surface area contributed by atoms with Crippen LogP contribution in [-0.2, 0) is 49.6 Å². The van der Waals surface area contributed by atoms with Gasteiger partial charge in [0.05, 0.1) is 24.7 Å². The smallest absolute Gasteiger partial charge is 0.331 e. The van der Waals surface area contributed by atoms with E-state index in [1.54, 1.807) is 0 Å². The zero-order chi connectivity index (χ0) is 56.0. The summed E-state index contributed by atoms with van der Waals surface area (Å²) in [5.41, 5.74) is 39.5. The third-order valence-electron chi connectivity index (χ3n) is 12.2. The standard InChI is InChI=1S/C48H80FN15O11/c1-28(59-45(72)40(38(66)26-53)63-42(69)32(54)10-2-4-20-50)41(68)58-27-39(67)60-34(12-6-22-52)46(73)64-24-8-13-36(64)44(71)62-35(25-29-14-17-31(49)18-15-29)43(70)61-33(11-3-5-21-51)37(65)19-16-30(47(74)75)9-7-23-57-48(55)56/h9,14-15,17-18,28,32-36,38,40,66H,2-8,10-13,16,19-27,50-54H2,1H3,(H,58,68)(H,59,72)(H,60,67)(H,61,70)(H,62,71)(H,63,69)(H,74,75)(H4,55,56,57)/b30-9+/t28-,32-,33-,34+,35-,36-,38-,40-/m0/s1. The van der Waals surface area contributed by atoms with E-state index in [1.165, 1.54) is 42.2 Å². The first-order valence-electron chi connectivity index (χ1n) is 25.2. The van der Waals surface area contributed by atoms with Gasteiger partial charge in [0.2, 0.25) is 41.4 Å². The summed E-state index contributed by atoms with van der Waals surface area (Å²) in [6.07, 6.45) is 2.80. The van der Waals surface area contributed by atoms with Gasteiger partial charge in [-0.25, -0.2) is 9.18 Å². The van der Waals surface area contributed by atoms with Crippen molar-refractivity contribution < 1.29 is 57.8 Å². The molecule has 1 saturated heterocycles. The monoisotopic (exact) mass is 1060 g/mol. The van der Waals surface area contributed by atoms with Crippen molar-refractivity contribution in [3.8, 4) is 0 Å². The summed E-state index contributed by atoms with van der Waals surface area (Å²) in [6.45, 7) is 1.25. The highest BCUT2D eigenvalue weighted by Crippen LogP contribution is 2.21. The molecule has 26 nitrogen and oxygen atoms in total. The van der Waals surface area contributed by atoms with Gasteiger partial charge in [0.15, 0.2) is 11.7 Å². The molecule has 0 radical (unpaired) electrons. The molecular formula is C48H80FN15O11. The number of benzene rings is 1. The predicted octanol–water partition coefficient (Wildman–Crippen LogP) is -4.41. The lowest BCUT2D eigenvalue weighted by atomic mass is 9.97. The molecule has 8 atom stereocenters. The van der Waals surface area contributed by atoms with Crippen LogP contribution in [0.5, 0.6) is 0 Å². The number of ketones is 1. The van der Waals surface area contributed by atoms with Crippen molar-refractivity contribution in [3.05, 3.63) is 47.3 Å². The normalized spacial score (nSPS) is 16.2. The maximum Gasteiger partial charge on any atom is 0.331 e. The fourth-order valence-corrected chi connectivity index (χ4v) is 7.96. The Hall–Kier alpha value is -6.65. The number of nitrogens with one attached hydrogen (secondary N) is 6. The molecule has 1 aromatic rings. The van der Waals surface area contributed by atoms with Crippen LogP contribution in [0.2, 0.25) is 0 Å². The van der Waals surface area contributed by atoms with Gasteiger partial charge in [0.25, 0.3) is 0 Å². The first kappa shape index (κ1) is 64.5. The van der Waals surface area contributed by atoms with Crippen LogP contribution in [0, 0.1) is 5.82 Å². The Balaban J connectivity index is 2.24. The second-order valence-corrected chi connectivity index (χ2v) is 18.2. The highest BCUT2D eigenvalue weighted by molar-refractivity contribution is 5.98. The lowest BCUT2D eigenvalue weighted by Gasteiger charge is -2.30. The molecule has 1 aromatic carbocycles. The Labute approximate surface area is 436 Å². The van der Waals surface area contributed by atoms with E-state index in [9.17, 15) is 57.8 Å². The number of aliphatic hydroxyl groups excluding tert-OH is 1. The number of carboxylic acid groups (broad SMARTS) is 1. The molecule has 1 aliphatic rings. The summed E-state index contributed by atoms with van der Waals surface area (Å²) in [6, 6.07) is -3.50. The second-order valence-electron chi connectivity index (χ2n) is 18.2. The number of amides is 7. The van der Waals surface area contributed by atoms with Crippen molar-refractivity contribution in [2.75, 3.05) is 45.8 Å². The second kappa shape index (κ2) is 34.8. The Bertz CT molecular complexity index is 2110. The van der Waals surface area contributed by atoms with Crippen LogP contribution in [-0.4, -0.2) is 168 Å². The quantitative estimate of drug-likeness (QED) is 0.0131. The number of likely N-dealkylation sites (tertiary alicyclic amines) is 1. The van der Waals surface area contributed by atoms with Gasteiger partial charge in [-0.1, -0.05) is 24.6 Å². The highest BCUT2D eigenvalue weighted by atomic mass is 19.1. The van der Waals surface area contributed by atoms with Crippen LogP contribution in [0.25, 0.3) is 0 Å². The highest BCUT2D eigenvalue weighted by Gasteiger charge is 2.39. The molecule has 0 spiro atoms. The average molecular weight is 1060 g/mol. The number of aliphatic imine (C=N–C) groups is 1. The summed E-state index contributed by atoms with van der Waals surface area (Å²) < 4.78 is 14.0. The summed E-state index contributed by atoms with van der Waals surface area (Å²) >= 11 is 0. The Morgan fingerprint density at radius 2 is 1.41 bits per heavy atom. The van der Waals surface area contributed by atoms with Crippen molar-refractivity contribution in [1.82, 2.24) is 36.8 Å². The number of unbranched alkanes of at least 4 members (excludes halogenated alkanes) is 2. The molecular weight excluding hydrogens is 982 g/mol. The molecule has 1 fully saturated rings. The van der Waals surface area contributed by atoms with Crippen LogP contribution < -0.4 is 72.0 Å². The van der Waals surface area contributed by atoms with Crippen molar-refractivity contribution >= 4 is 59.1 Å². The zero-order valence-corrected chi connectivity index (χ0v) is 42.7. The fraction of sp³-hybridized carbons (Fsp3) is 0.625. The molecule has 1 aliphatic heterocycles. The summed E-state index contributed by atoms with van der Waals surface area (Å²) in [5, 5.41) is 35.3. The van der Waals surface area contributed by atoms with Crippen molar-refractivity contribution in [3.63, 3.8) is 0 Å². The number of aliphatic carboxylic acids is 1. The van der Waals surface area contributed by atoms with Crippen LogP contribution >= 0.6 is 0 Å². The van der Waals surface area contributed by atoms with Crippen LogP contribution in [0.15, 0.2) is 40.9 Å². The molecule has 7 amide bonds. The van der Waals surface area contributed by atoms with E-state index in [0.29, 0.717) is 50.8 Å². The largest absolute Gasteiger partial charge is 0.478 e. The third-order valence-corrected chi connectivity index (χ3v) is 12.2. The third kappa shape index (κ3) is 23.6. The number of rotatable bonds is 36. The van der Waals surface area contributed by atoms with Crippen molar-refractivity contribution in [2.24, 2.45) is 45.1 Å². The maximum absolute atomic E-state index is 14.2. The molecule has 0 aliphatic carbocycles. The van der Waals surface area contributed by atoms with Gasteiger partial charge >= 0.3 is 5.97 Å². The van der Waals surface area contributed by atoms with Gasteiger partial charge in [0, 0.05) is 38.0 Å². The van der Waals surface area contributed by atoms with Crippen LogP contribution in [0.4, 0.5) is 4.39 Å². The number of hydrogen-bond acceptors (Lipinski definition) is 16. The number of carboxylic acids is 1. The summed E-state index contributed by atoms with van der Waals surface area (Å²) in [5.74, 6) is -7.94. The predicted molar refractivity (Wildman–Crippen MR) is 276 cm³/mol. The lowest BCUT2D eigenvalue weighted by Crippen LogP contribution is -2.60. The van der Waals surface area contributed by atoms with E-state index in [4.69, 9.17) is 40.1 Å². The molecule has 27 heteroatoms. The number of aliphatic hydroxyl groups is 1. The molecule has 0 bridgehead atoms. The Kier molecular flexibility index (Phi) is 29.9. The fourth-order valence-electron chi connectivity index (χ4n) is 7.96. The molecule has 0 saturated carbocycles. The SMILES string of the molecule is C[C@H](NC(=O)[C@@H](NC(=O)[C@@H](N)CCCCN)[C@@H](O)CN)C(=O)NCC(=O)N[C@H](CCCN)C(=O)N1CCC[C@H]1C(=O)N[C@@H](Cc1ccc(F)cc1)C(=O)N[C@@H](CCCCN)C(=O)CC/C(=C\CCN=C(N)N)C(=O)O. The Morgan fingerprint density at radius 3 is 2.03 bits per heavy atom. The van der Waals surface area contributed by atoms with E-state index < -0.39 is 120 Å². The number of halogens is 1. The zero-order valence-electron chi connectivity index (χ0n) is 42.7. The number of guanidine groups is 1.